The Labute approximate surface area is 123 Å². The molecule has 3 N–H and O–H groups in total. The molecular formula is C17H29NO2. The van der Waals surface area contributed by atoms with Crippen molar-refractivity contribution in [2.75, 3.05) is 7.11 Å². The highest BCUT2D eigenvalue weighted by molar-refractivity contribution is 5.49. The third-order valence-electron chi connectivity index (χ3n) is 4.38. The summed E-state index contributed by atoms with van der Waals surface area (Å²) in [6.45, 7) is 10.5. The summed E-state index contributed by atoms with van der Waals surface area (Å²) in [7, 11) is 1.70. The summed E-state index contributed by atoms with van der Waals surface area (Å²) >= 11 is 0. The summed E-state index contributed by atoms with van der Waals surface area (Å²) < 4.78 is 5.41. The van der Waals surface area contributed by atoms with Crippen molar-refractivity contribution in [2.24, 2.45) is 5.73 Å². The van der Waals surface area contributed by atoms with Crippen LogP contribution >= 0.6 is 0 Å². The molecule has 0 bridgehead atoms. The van der Waals surface area contributed by atoms with Gasteiger partial charge in [0.25, 0.3) is 0 Å². The lowest BCUT2D eigenvalue weighted by atomic mass is 9.85. The maximum atomic E-state index is 10.2. The molecule has 1 aromatic rings. The first kappa shape index (κ1) is 17.0. The van der Waals surface area contributed by atoms with E-state index in [1.807, 2.05) is 6.92 Å². The van der Waals surface area contributed by atoms with Gasteiger partial charge in [-0.15, -0.1) is 0 Å². The van der Waals surface area contributed by atoms with Crippen LogP contribution in [0, 0.1) is 20.8 Å². The fourth-order valence-electron chi connectivity index (χ4n) is 2.96. The van der Waals surface area contributed by atoms with E-state index < -0.39 is 6.10 Å². The van der Waals surface area contributed by atoms with E-state index in [-0.39, 0.29) is 12.0 Å². The molecule has 3 atom stereocenters. The summed E-state index contributed by atoms with van der Waals surface area (Å²) in [5, 5.41) is 10.2. The molecule has 0 spiro atoms. The number of rotatable bonds is 6. The number of hydrogen-bond donors (Lipinski definition) is 2. The van der Waals surface area contributed by atoms with E-state index >= 15 is 0 Å². The average molecular weight is 279 g/mol. The van der Waals surface area contributed by atoms with Crippen LogP contribution in [0.15, 0.2) is 6.07 Å². The molecule has 3 heteroatoms. The molecule has 0 fully saturated rings. The van der Waals surface area contributed by atoms with Gasteiger partial charge in [0.15, 0.2) is 0 Å². The molecular weight excluding hydrogens is 250 g/mol. The van der Waals surface area contributed by atoms with E-state index in [9.17, 15) is 5.11 Å². The maximum absolute atomic E-state index is 10.2. The molecule has 0 saturated carbocycles. The van der Waals surface area contributed by atoms with Gasteiger partial charge in [-0.2, -0.15) is 0 Å². The molecule has 3 unspecified atom stereocenters. The highest BCUT2D eigenvalue weighted by Crippen LogP contribution is 2.34. The number of hydrogen-bond acceptors (Lipinski definition) is 3. The summed E-state index contributed by atoms with van der Waals surface area (Å²) in [6.07, 6.45) is 1.05. The van der Waals surface area contributed by atoms with E-state index in [1.165, 1.54) is 22.3 Å². The predicted molar refractivity (Wildman–Crippen MR) is 84.5 cm³/mol. The SMILES string of the molecule is CCC(N)C(O)CC(C)c1c(C)cc(OC)c(C)c1C. The number of methoxy groups -OCH3 is 1. The third kappa shape index (κ3) is 3.53. The monoisotopic (exact) mass is 279 g/mol. The normalized spacial score (nSPS) is 15.8. The Bertz CT molecular complexity index is 457. The van der Waals surface area contributed by atoms with Gasteiger partial charge in [0.1, 0.15) is 5.75 Å². The standard InChI is InChI=1S/C17H29NO2/c1-7-14(18)15(19)8-10(2)17-11(3)9-16(20-6)12(4)13(17)5/h9-10,14-15,19H,7-8,18H2,1-6H3. The van der Waals surface area contributed by atoms with E-state index in [0.29, 0.717) is 6.42 Å². The van der Waals surface area contributed by atoms with Gasteiger partial charge in [-0.25, -0.2) is 0 Å². The van der Waals surface area contributed by atoms with Crippen molar-refractivity contribution in [2.45, 2.75) is 65.5 Å². The molecule has 0 aliphatic rings. The Hall–Kier alpha value is -1.06. The number of aliphatic hydroxyl groups is 1. The fraction of sp³-hybridized carbons (Fsp3) is 0.647. The van der Waals surface area contributed by atoms with Gasteiger partial charge in [-0.3, -0.25) is 0 Å². The lowest BCUT2D eigenvalue weighted by molar-refractivity contribution is 0.126. The first-order valence-electron chi connectivity index (χ1n) is 7.41. The smallest absolute Gasteiger partial charge is 0.122 e. The number of aliphatic hydroxyl groups excluding tert-OH is 1. The van der Waals surface area contributed by atoms with E-state index in [1.54, 1.807) is 7.11 Å². The van der Waals surface area contributed by atoms with E-state index in [4.69, 9.17) is 10.5 Å². The maximum Gasteiger partial charge on any atom is 0.122 e. The van der Waals surface area contributed by atoms with Gasteiger partial charge >= 0.3 is 0 Å². The molecule has 0 aromatic heterocycles. The predicted octanol–water partition coefficient (Wildman–Crippen LogP) is 3.21. The van der Waals surface area contributed by atoms with Gasteiger partial charge in [-0.1, -0.05) is 13.8 Å². The molecule has 0 heterocycles. The second-order valence-electron chi connectivity index (χ2n) is 5.84. The molecule has 1 rings (SSSR count). The highest BCUT2D eigenvalue weighted by atomic mass is 16.5. The zero-order valence-electron chi connectivity index (χ0n) is 13.7. The van der Waals surface area contributed by atoms with Crippen molar-refractivity contribution in [1.29, 1.82) is 0 Å². The van der Waals surface area contributed by atoms with Gasteiger partial charge in [0, 0.05) is 6.04 Å². The minimum Gasteiger partial charge on any atom is -0.496 e. The molecule has 1 aromatic carbocycles. The average Bonchev–Trinajstić information content (AvgIpc) is 2.41. The van der Waals surface area contributed by atoms with Crippen LogP contribution in [0.2, 0.25) is 0 Å². The van der Waals surface area contributed by atoms with Gasteiger partial charge in [0.05, 0.1) is 13.2 Å². The molecule has 0 amide bonds. The quantitative estimate of drug-likeness (QED) is 0.840. The zero-order chi connectivity index (χ0) is 15.4. The van der Waals surface area contributed by atoms with Crippen LogP contribution in [0.25, 0.3) is 0 Å². The summed E-state index contributed by atoms with van der Waals surface area (Å²) in [5.74, 6) is 1.22. The lowest BCUT2D eigenvalue weighted by Crippen LogP contribution is -2.34. The second kappa shape index (κ2) is 7.09. The summed E-state index contributed by atoms with van der Waals surface area (Å²) in [4.78, 5) is 0. The van der Waals surface area contributed by atoms with Crippen LogP contribution in [-0.2, 0) is 0 Å². The van der Waals surface area contributed by atoms with Crippen LogP contribution in [0.1, 0.15) is 54.9 Å². The lowest BCUT2D eigenvalue weighted by Gasteiger charge is -2.25. The number of benzene rings is 1. The Balaban J connectivity index is 3.05. The molecule has 20 heavy (non-hydrogen) atoms. The van der Waals surface area contributed by atoms with Crippen LogP contribution < -0.4 is 10.5 Å². The number of aryl methyl sites for hydroxylation is 1. The van der Waals surface area contributed by atoms with Crippen LogP contribution in [0.3, 0.4) is 0 Å². The van der Waals surface area contributed by atoms with Crippen molar-refractivity contribution in [3.8, 4) is 5.75 Å². The van der Waals surface area contributed by atoms with Crippen LogP contribution in [-0.4, -0.2) is 24.4 Å². The molecule has 0 radical (unpaired) electrons. The molecule has 0 saturated heterocycles. The van der Waals surface area contributed by atoms with Crippen molar-refractivity contribution < 1.29 is 9.84 Å². The van der Waals surface area contributed by atoms with Crippen molar-refractivity contribution in [3.63, 3.8) is 0 Å². The van der Waals surface area contributed by atoms with Crippen LogP contribution in [0.5, 0.6) is 5.75 Å². The van der Waals surface area contributed by atoms with Crippen LogP contribution in [0.4, 0.5) is 0 Å². The Morgan fingerprint density at radius 1 is 1.25 bits per heavy atom. The fourth-order valence-corrected chi connectivity index (χ4v) is 2.96. The second-order valence-corrected chi connectivity index (χ2v) is 5.84. The third-order valence-corrected chi connectivity index (χ3v) is 4.38. The minimum atomic E-state index is -0.448. The molecule has 3 nitrogen and oxygen atoms in total. The Morgan fingerprint density at radius 3 is 2.35 bits per heavy atom. The van der Waals surface area contributed by atoms with Crippen molar-refractivity contribution in [1.82, 2.24) is 0 Å². The van der Waals surface area contributed by atoms with Crippen molar-refractivity contribution >= 4 is 0 Å². The first-order chi connectivity index (χ1) is 9.33. The Morgan fingerprint density at radius 2 is 1.85 bits per heavy atom. The van der Waals surface area contributed by atoms with Gasteiger partial charge < -0.3 is 15.6 Å². The highest BCUT2D eigenvalue weighted by Gasteiger charge is 2.21. The molecule has 0 aliphatic heterocycles. The van der Waals surface area contributed by atoms with Gasteiger partial charge in [0.2, 0.25) is 0 Å². The van der Waals surface area contributed by atoms with E-state index in [0.717, 1.165) is 12.2 Å². The topological polar surface area (TPSA) is 55.5 Å². The molecule has 114 valence electrons. The Kier molecular flexibility index (Phi) is 6.03. The number of ether oxygens (including phenoxy) is 1. The molecule has 0 aliphatic carbocycles. The largest absolute Gasteiger partial charge is 0.496 e. The van der Waals surface area contributed by atoms with Gasteiger partial charge in [-0.05, 0) is 67.9 Å². The summed E-state index contributed by atoms with van der Waals surface area (Å²) in [5.41, 5.74) is 10.9. The number of nitrogens with two attached hydrogens (primary N) is 1. The minimum absolute atomic E-state index is 0.141. The zero-order valence-corrected chi connectivity index (χ0v) is 13.7. The first-order valence-corrected chi connectivity index (χ1v) is 7.41. The van der Waals surface area contributed by atoms with E-state index in [2.05, 4.69) is 33.8 Å². The van der Waals surface area contributed by atoms with Crippen molar-refractivity contribution in [3.05, 3.63) is 28.3 Å². The summed E-state index contributed by atoms with van der Waals surface area (Å²) in [6, 6.07) is 1.94.